The number of benzene rings is 1. The van der Waals surface area contributed by atoms with Gasteiger partial charge in [0.15, 0.2) is 5.78 Å². The summed E-state index contributed by atoms with van der Waals surface area (Å²) in [6, 6.07) is 13.3. The van der Waals surface area contributed by atoms with E-state index < -0.39 is 11.4 Å². The fourth-order valence-electron chi connectivity index (χ4n) is 2.40. The van der Waals surface area contributed by atoms with Crippen LogP contribution in [0.25, 0.3) is 16.6 Å². The lowest BCUT2D eigenvalue weighted by Crippen LogP contribution is -2.19. The second kappa shape index (κ2) is 4.98. The molecule has 0 radical (unpaired) electrons. The molecular weight excluding hydrogens is 269 g/mol. The van der Waals surface area contributed by atoms with Crippen LogP contribution >= 0.6 is 0 Å². The molecule has 0 saturated carbocycles. The van der Waals surface area contributed by atoms with Gasteiger partial charge in [0.25, 0.3) is 5.56 Å². The molecule has 1 aromatic carbocycles. The van der Waals surface area contributed by atoms with Crippen LogP contribution in [0.4, 0.5) is 4.39 Å². The van der Waals surface area contributed by atoms with Crippen LogP contribution < -0.4 is 5.56 Å². The number of pyridine rings is 2. The van der Waals surface area contributed by atoms with E-state index in [0.29, 0.717) is 22.2 Å². The third-order valence-electron chi connectivity index (χ3n) is 3.38. The van der Waals surface area contributed by atoms with Crippen molar-refractivity contribution in [2.24, 2.45) is 0 Å². The van der Waals surface area contributed by atoms with E-state index in [1.54, 1.807) is 30.3 Å². The maximum absolute atomic E-state index is 13.4. The second-order valence-corrected chi connectivity index (χ2v) is 4.80. The van der Waals surface area contributed by atoms with E-state index >= 15 is 0 Å². The highest BCUT2D eigenvalue weighted by Crippen LogP contribution is 2.22. The molecule has 0 fully saturated rings. The fourth-order valence-corrected chi connectivity index (χ4v) is 2.40. The molecule has 3 rings (SSSR count). The first-order valence-corrected chi connectivity index (χ1v) is 6.49. The van der Waals surface area contributed by atoms with E-state index in [0.717, 1.165) is 6.20 Å². The summed E-state index contributed by atoms with van der Waals surface area (Å²) in [5.41, 5.74) is 1.38. The molecule has 2 heterocycles. The first-order valence-electron chi connectivity index (χ1n) is 6.49. The summed E-state index contributed by atoms with van der Waals surface area (Å²) in [7, 11) is 0. The molecule has 0 bridgehead atoms. The number of carbonyl (C=O) groups is 1. The van der Waals surface area contributed by atoms with E-state index in [4.69, 9.17) is 0 Å². The van der Waals surface area contributed by atoms with E-state index in [9.17, 15) is 14.0 Å². The van der Waals surface area contributed by atoms with Crippen molar-refractivity contribution in [1.29, 1.82) is 0 Å². The van der Waals surface area contributed by atoms with Crippen LogP contribution in [-0.4, -0.2) is 10.2 Å². The van der Waals surface area contributed by atoms with Crippen LogP contribution in [0.15, 0.2) is 59.5 Å². The van der Waals surface area contributed by atoms with Gasteiger partial charge >= 0.3 is 0 Å². The topological polar surface area (TPSA) is 38.5 Å². The predicted molar refractivity (Wildman–Crippen MR) is 79.1 cm³/mol. The smallest absolute Gasteiger partial charge is 0.263 e. The van der Waals surface area contributed by atoms with Gasteiger partial charge in [-0.25, -0.2) is 4.39 Å². The van der Waals surface area contributed by atoms with E-state index in [1.165, 1.54) is 23.5 Å². The van der Waals surface area contributed by atoms with Crippen LogP contribution in [0.5, 0.6) is 0 Å². The van der Waals surface area contributed by atoms with Crippen molar-refractivity contribution < 1.29 is 9.18 Å². The zero-order valence-electron chi connectivity index (χ0n) is 11.3. The molecule has 0 aliphatic carbocycles. The van der Waals surface area contributed by atoms with Crippen LogP contribution in [0.1, 0.15) is 17.3 Å². The average Bonchev–Trinajstić information content (AvgIpc) is 2.48. The van der Waals surface area contributed by atoms with E-state index in [-0.39, 0.29) is 5.78 Å². The number of fused-ring (bicyclic) bond motifs is 1. The molecule has 3 nitrogen and oxygen atoms in total. The van der Waals surface area contributed by atoms with Gasteiger partial charge in [-0.3, -0.25) is 14.0 Å². The van der Waals surface area contributed by atoms with Gasteiger partial charge in [-0.1, -0.05) is 30.3 Å². The predicted octanol–water partition coefficient (Wildman–Crippen LogP) is 3.31. The summed E-state index contributed by atoms with van der Waals surface area (Å²) in [6.07, 6.45) is 1.13. The van der Waals surface area contributed by atoms with Gasteiger partial charge in [-0.05, 0) is 30.7 Å². The Kier molecular flexibility index (Phi) is 3.14. The van der Waals surface area contributed by atoms with Crippen molar-refractivity contribution in [3.8, 4) is 11.1 Å². The maximum atomic E-state index is 13.4. The Morgan fingerprint density at radius 2 is 1.81 bits per heavy atom. The summed E-state index contributed by atoms with van der Waals surface area (Å²) in [6.45, 7) is 1.42. The Balaban J connectivity index is 2.46. The molecule has 21 heavy (non-hydrogen) atoms. The summed E-state index contributed by atoms with van der Waals surface area (Å²) in [5, 5.41) is 0. The maximum Gasteiger partial charge on any atom is 0.263 e. The lowest BCUT2D eigenvalue weighted by molar-refractivity contribution is 0.101. The Hall–Kier alpha value is -2.75. The summed E-state index contributed by atoms with van der Waals surface area (Å²) >= 11 is 0. The number of aromatic nitrogens is 1. The number of Topliss-reactive ketones (excluding diaryl/α,β-unsaturated/α-hetero) is 1. The Bertz CT molecular complexity index is 898. The summed E-state index contributed by atoms with van der Waals surface area (Å²) < 4.78 is 14.6. The van der Waals surface area contributed by atoms with Gasteiger partial charge in [0.2, 0.25) is 0 Å². The molecule has 0 aliphatic heterocycles. The summed E-state index contributed by atoms with van der Waals surface area (Å²) in [5.74, 6) is -0.697. The average molecular weight is 281 g/mol. The minimum absolute atomic E-state index is 0.197. The number of hydrogen-bond donors (Lipinski definition) is 0. The van der Waals surface area contributed by atoms with Crippen molar-refractivity contribution in [2.45, 2.75) is 6.92 Å². The van der Waals surface area contributed by atoms with Crippen molar-refractivity contribution in [3.63, 3.8) is 0 Å². The Morgan fingerprint density at radius 1 is 1.10 bits per heavy atom. The van der Waals surface area contributed by atoms with Crippen LogP contribution in [-0.2, 0) is 0 Å². The molecule has 2 aromatic heterocycles. The molecule has 3 aromatic rings. The van der Waals surface area contributed by atoms with Gasteiger partial charge in [-0.15, -0.1) is 0 Å². The van der Waals surface area contributed by atoms with E-state index in [1.807, 2.05) is 6.07 Å². The first kappa shape index (κ1) is 13.2. The van der Waals surface area contributed by atoms with Gasteiger partial charge in [0, 0.05) is 17.3 Å². The first-order chi connectivity index (χ1) is 10.1. The highest BCUT2D eigenvalue weighted by Gasteiger charge is 2.16. The highest BCUT2D eigenvalue weighted by molar-refractivity contribution is 6.01. The van der Waals surface area contributed by atoms with Gasteiger partial charge in [0.05, 0.1) is 5.56 Å². The monoisotopic (exact) mass is 281 g/mol. The molecule has 0 unspecified atom stereocenters. The minimum atomic E-state index is -0.501. The molecule has 0 spiro atoms. The lowest BCUT2D eigenvalue weighted by Gasteiger charge is -2.10. The molecule has 0 aliphatic rings. The minimum Gasteiger partial charge on any atom is -0.294 e. The van der Waals surface area contributed by atoms with Crippen LogP contribution in [0.2, 0.25) is 0 Å². The van der Waals surface area contributed by atoms with Crippen molar-refractivity contribution in [2.75, 3.05) is 0 Å². The second-order valence-electron chi connectivity index (χ2n) is 4.80. The Labute approximate surface area is 120 Å². The molecular formula is C17H12FNO2. The third-order valence-corrected chi connectivity index (χ3v) is 3.38. The van der Waals surface area contributed by atoms with Gasteiger partial charge in [-0.2, -0.15) is 0 Å². The zero-order valence-corrected chi connectivity index (χ0v) is 11.3. The molecule has 0 atom stereocenters. The normalized spacial score (nSPS) is 10.8. The molecule has 0 saturated heterocycles. The standard InChI is InChI=1S/C17H12FNO2/c1-11(20)15-9-14-8-7-13(18)10-19(14)17(21)16(15)12-5-3-2-4-6-12/h2-10H,1H3. The highest BCUT2D eigenvalue weighted by atomic mass is 19.1. The third kappa shape index (κ3) is 2.25. The van der Waals surface area contributed by atoms with Gasteiger partial charge < -0.3 is 0 Å². The van der Waals surface area contributed by atoms with Crippen LogP contribution in [0, 0.1) is 5.82 Å². The zero-order chi connectivity index (χ0) is 15.0. The number of ketones is 1. The number of carbonyl (C=O) groups excluding carboxylic acids is 1. The van der Waals surface area contributed by atoms with Gasteiger partial charge in [0.1, 0.15) is 5.82 Å². The molecule has 104 valence electrons. The van der Waals surface area contributed by atoms with E-state index in [2.05, 4.69) is 0 Å². The summed E-state index contributed by atoms with van der Waals surface area (Å²) in [4.78, 5) is 24.5. The fraction of sp³-hybridized carbons (Fsp3) is 0.0588. The van der Waals surface area contributed by atoms with Crippen molar-refractivity contribution in [1.82, 2.24) is 4.40 Å². The quantitative estimate of drug-likeness (QED) is 0.676. The van der Waals surface area contributed by atoms with Crippen molar-refractivity contribution >= 4 is 11.3 Å². The van der Waals surface area contributed by atoms with Crippen molar-refractivity contribution in [3.05, 3.63) is 76.5 Å². The number of halogens is 1. The number of hydrogen-bond acceptors (Lipinski definition) is 2. The SMILES string of the molecule is CC(=O)c1cc2ccc(F)cn2c(=O)c1-c1ccccc1. The largest absolute Gasteiger partial charge is 0.294 e. The Morgan fingerprint density at radius 3 is 2.48 bits per heavy atom. The molecule has 0 N–H and O–H groups in total. The van der Waals surface area contributed by atoms with Crippen LogP contribution in [0.3, 0.4) is 0 Å². The molecule has 0 amide bonds. The molecule has 4 heteroatoms. The number of rotatable bonds is 2. The number of nitrogens with zero attached hydrogens (tertiary/aromatic N) is 1. The lowest BCUT2D eigenvalue weighted by atomic mass is 9.98.